The first kappa shape index (κ1) is 16.1. The van der Waals surface area contributed by atoms with Gasteiger partial charge in [0.1, 0.15) is 0 Å². The van der Waals surface area contributed by atoms with Crippen LogP contribution in [0.5, 0.6) is 0 Å². The zero-order valence-electron chi connectivity index (χ0n) is 14.2. The minimum atomic E-state index is -0.503. The predicted octanol–water partition coefficient (Wildman–Crippen LogP) is 0.717. The molecule has 0 saturated carbocycles. The third-order valence-corrected chi connectivity index (χ3v) is 5.60. The van der Waals surface area contributed by atoms with Gasteiger partial charge < -0.3 is 15.0 Å². The van der Waals surface area contributed by atoms with Crippen molar-refractivity contribution < 1.29 is 14.3 Å². The van der Waals surface area contributed by atoms with Gasteiger partial charge in [-0.05, 0) is 24.1 Å². The quantitative estimate of drug-likeness (QED) is 0.860. The van der Waals surface area contributed by atoms with E-state index in [0.29, 0.717) is 39.1 Å². The van der Waals surface area contributed by atoms with Crippen LogP contribution in [-0.2, 0) is 20.7 Å². The number of likely N-dealkylation sites (tertiary alicyclic amines) is 1. The molecular formula is C18H22N4O3. The molecule has 2 aromatic rings. The van der Waals surface area contributed by atoms with Crippen LogP contribution in [0, 0.1) is 11.3 Å². The van der Waals surface area contributed by atoms with Crippen molar-refractivity contribution >= 4 is 22.7 Å². The number of fused-ring (bicyclic) bond motifs is 2. The summed E-state index contributed by atoms with van der Waals surface area (Å²) < 4.78 is 5.56. The third kappa shape index (κ3) is 2.68. The molecule has 2 aliphatic heterocycles. The summed E-state index contributed by atoms with van der Waals surface area (Å²) >= 11 is 0. The molecular weight excluding hydrogens is 320 g/mol. The fourth-order valence-electron chi connectivity index (χ4n) is 4.15. The van der Waals surface area contributed by atoms with Crippen LogP contribution >= 0.6 is 0 Å². The first-order chi connectivity index (χ1) is 12.1. The number of amides is 2. The first-order valence-corrected chi connectivity index (χ1v) is 8.62. The SMILES string of the molecule is CNC(=O)[C@]12CCOC[C@H]1CN(C(=O)Cc1ccc3[nH]ncc3c1)C2. The number of carbonyl (C=O) groups is 2. The molecule has 1 aromatic carbocycles. The van der Waals surface area contributed by atoms with Crippen molar-refractivity contribution in [3.63, 3.8) is 0 Å². The number of aromatic nitrogens is 2. The Morgan fingerprint density at radius 3 is 3.20 bits per heavy atom. The Balaban J connectivity index is 1.51. The minimum Gasteiger partial charge on any atom is -0.381 e. The Hall–Kier alpha value is -2.41. The molecule has 7 nitrogen and oxygen atoms in total. The number of ether oxygens (including phenoxy) is 1. The Bertz CT molecular complexity index is 818. The maximum Gasteiger partial charge on any atom is 0.228 e. The van der Waals surface area contributed by atoms with Gasteiger partial charge in [-0.25, -0.2) is 0 Å². The molecule has 132 valence electrons. The Kier molecular flexibility index (Phi) is 3.95. The van der Waals surface area contributed by atoms with Crippen molar-refractivity contribution in [1.82, 2.24) is 20.4 Å². The highest BCUT2D eigenvalue weighted by Gasteiger charge is 2.54. The van der Waals surface area contributed by atoms with Gasteiger partial charge in [-0.1, -0.05) is 6.07 Å². The van der Waals surface area contributed by atoms with Crippen LogP contribution in [0.15, 0.2) is 24.4 Å². The number of hydrogen-bond acceptors (Lipinski definition) is 4. The van der Waals surface area contributed by atoms with Crippen molar-refractivity contribution in [2.45, 2.75) is 12.8 Å². The van der Waals surface area contributed by atoms with Crippen molar-refractivity contribution in [1.29, 1.82) is 0 Å². The summed E-state index contributed by atoms with van der Waals surface area (Å²) in [6.07, 6.45) is 2.76. The molecule has 2 atom stereocenters. The largest absolute Gasteiger partial charge is 0.381 e. The van der Waals surface area contributed by atoms with Crippen LogP contribution in [0.25, 0.3) is 10.9 Å². The highest BCUT2D eigenvalue weighted by Crippen LogP contribution is 2.42. The van der Waals surface area contributed by atoms with E-state index in [0.717, 1.165) is 16.5 Å². The van der Waals surface area contributed by atoms with E-state index in [1.165, 1.54) is 0 Å². The van der Waals surface area contributed by atoms with Gasteiger partial charge in [-0.3, -0.25) is 14.7 Å². The molecule has 0 unspecified atom stereocenters. The number of H-pyrrole nitrogens is 1. The summed E-state index contributed by atoms with van der Waals surface area (Å²) in [7, 11) is 1.66. The number of rotatable bonds is 3. The number of nitrogens with zero attached hydrogens (tertiary/aromatic N) is 2. The molecule has 1 aromatic heterocycles. The fourth-order valence-corrected chi connectivity index (χ4v) is 4.15. The van der Waals surface area contributed by atoms with Crippen LogP contribution in [-0.4, -0.2) is 60.3 Å². The van der Waals surface area contributed by atoms with E-state index in [1.807, 2.05) is 23.1 Å². The standard InChI is InChI=1S/C18H22N4O3/c1-19-17(24)18-4-5-25-10-14(18)9-22(11-18)16(23)7-12-2-3-15-13(6-12)8-20-21-15/h2-3,6,8,14H,4-5,7,9-11H2,1H3,(H,19,24)(H,20,21)/t14-,18+/m1/s1. The molecule has 0 radical (unpaired) electrons. The van der Waals surface area contributed by atoms with E-state index in [1.54, 1.807) is 13.2 Å². The topological polar surface area (TPSA) is 87.3 Å². The zero-order valence-corrected chi connectivity index (χ0v) is 14.2. The monoisotopic (exact) mass is 342 g/mol. The molecule has 7 heteroatoms. The van der Waals surface area contributed by atoms with Gasteiger partial charge in [0.25, 0.3) is 0 Å². The Morgan fingerprint density at radius 2 is 2.36 bits per heavy atom. The normalized spacial score (nSPS) is 25.8. The summed E-state index contributed by atoms with van der Waals surface area (Å²) in [5.41, 5.74) is 1.41. The molecule has 0 spiro atoms. The number of benzene rings is 1. The van der Waals surface area contributed by atoms with Crippen LogP contribution in [0.2, 0.25) is 0 Å². The van der Waals surface area contributed by atoms with Crippen LogP contribution < -0.4 is 5.32 Å². The molecule has 2 N–H and O–H groups in total. The Labute approximate surface area is 145 Å². The summed E-state index contributed by atoms with van der Waals surface area (Å²) in [6, 6.07) is 5.87. The summed E-state index contributed by atoms with van der Waals surface area (Å²) in [6.45, 7) is 2.18. The molecule has 0 bridgehead atoms. The summed E-state index contributed by atoms with van der Waals surface area (Å²) in [5.74, 6) is 0.151. The van der Waals surface area contributed by atoms with Gasteiger partial charge in [-0.15, -0.1) is 0 Å². The summed E-state index contributed by atoms with van der Waals surface area (Å²) in [4.78, 5) is 27.1. The lowest BCUT2D eigenvalue weighted by Gasteiger charge is -2.36. The average Bonchev–Trinajstić information content (AvgIpc) is 3.25. The maximum absolute atomic E-state index is 12.8. The van der Waals surface area contributed by atoms with Gasteiger partial charge in [0.2, 0.25) is 11.8 Å². The van der Waals surface area contributed by atoms with Crippen molar-refractivity contribution in [2.75, 3.05) is 33.4 Å². The second kappa shape index (κ2) is 6.15. The van der Waals surface area contributed by atoms with E-state index < -0.39 is 5.41 Å². The highest BCUT2D eigenvalue weighted by atomic mass is 16.5. The molecule has 0 aliphatic carbocycles. The van der Waals surface area contributed by atoms with Crippen molar-refractivity contribution in [2.24, 2.45) is 11.3 Å². The fraction of sp³-hybridized carbons (Fsp3) is 0.500. The molecule has 2 aliphatic rings. The third-order valence-electron chi connectivity index (χ3n) is 5.60. The molecule has 2 amide bonds. The molecule has 2 fully saturated rings. The van der Waals surface area contributed by atoms with E-state index in [9.17, 15) is 9.59 Å². The van der Waals surface area contributed by atoms with E-state index in [-0.39, 0.29) is 17.7 Å². The number of aromatic amines is 1. The summed E-state index contributed by atoms with van der Waals surface area (Å²) in [5, 5.41) is 10.7. The van der Waals surface area contributed by atoms with Gasteiger partial charge in [-0.2, -0.15) is 5.10 Å². The maximum atomic E-state index is 12.8. The van der Waals surface area contributed by atoms with Crippen LogP contribution in [0.4, 0.5) is 0 Å². The number of hydrogen-bond donors (Lipinski definition) is 2. The lowest BCUT2D eigenvalue weighted by Crippen LogP contribution is -2.49. The lowest BCUT2D eigenvalue weighted by atomic mass is 9.73. The number of nitrogens with one attached hydrogen (secondary N) is 2. The molecule has 4 rings (SSSR count). The van der Waals surface area contributed by atoms with Crippen molar-refractivity contribution in [3.8, 4) is 0 Å². The van der Waals surface area contributed by atoms with Crippen LogP contribution in [0.3, 0.4) is 0 Å². The molecule has 25 heavy (non-hydrogen) atoms. The van der Waals surface area contributed by atoms with E-state index >= 15 is 0 Å². The van der Waals surface area contributed by atoms with Gasteiger partial charge in [0, 0.05) is 38.0 Å². The number of carbonyl (C=O) groups excluding carboxylic acids is 2. The first-order valence-electron chi connectivity index (χ1n) is 8.62. The highest BCUT2D eigenvalue weighted by molar-refractivity contribution is 5.87. The Morgan fingerprint density at radius 1 is 1.48 bits per heavy atom. The van der Waals surface area contributed by atoms with Gasteiger partial charge in [0.05, 0.1) is 30.2 Å². The van der Waals surface area contributed by atoms with E-state index in [4.69, 9.17) is 4.74 Å². The average molecular weight is 342 g/mol. The van der Waals surface area contributed by atoms with Gasteiger partial charge >= 0.3 is 0 Å². The van der Waals surface area contributed by atoms with Crippen molar-refractivity contribution in [3.05, 3.63) is 30.0 Å². The second-order valence-corrected chi connectivity index (χ2v) is 7.00. The minimum absolute atomic E-state index is 0.0240. The second-order valence-electron chi connectivity index (χ2n) is 7.00. The predicted molar refractivity (Wildman–Crippen MR) is 91.8 cm³/mol. The van der Waals surface area contributed by atoms with Gasteiger partial charge in [0.15, 0.2) is 0 Å². The van der Waals surface area contributed by atoms with E-state index in [2.05, 4.69) is 15.5 Å². The molecule has 3 heterocycles. The van der Waals surface area contributed by atoms with Crippen LogP contribution in [0.1, 0.15) is 12.0 Å². The lowest BCUT2D eigenvalue weighted by molar-refractivity contribution is -0.139. The zero-order chi connectivity index (χ0) is 17.4. The smallest absolute Gasteiger partial charge is 0.228 e. The molecule has 2 saturated heterocycles.